The van der Waals surface area contributed by atoms with Crippen molar-refractivity contribution in [3.8, 4) is 0 Å². The maximum atomic E-state index is 12.3. The van der Waals surface area contributed by atoms with Crippen molar-refractivity contribution < 1.29 is 9.59 Å². The predicted octanol–water partition coefficient (Wildman–Crippen LogP) is 1.31. The van der Waals surface area contributed by atoms with Crippen molar-refractivity contribution in [2.24, 2.45) is 0 Å². The fourth-order valence-corrected chi connectivity index (χ4v) is 2.30. The Morgan fingerprint density at radius 3 is 2.89 bits per heavy atom. The molecule has 0 aliphatic carbocycles. The highest BCUT2D eigenvalue weighted by molar-refractivity contribution is 5.99. The average molecular weight is 260 g/mol. The molecule has 0 saturated carbocycles. The fourth-order valence-electron chi connectivity index (χ4n) is 2.30. The van der Waals surface area contributed by atoms with Gasteiger partial charge in [0.1, 0.15) is 0 Å². The molecule has 1 aliphatic rings. The average Bonchev–Trinajstić information content (AvgIpc) is 2.57. The molecule has 1 heterocycles. The number of nitrogens with one attached hydrogen (secondary N) is 1. The van der Waals surface area contributed by atoms with Crippen LogP contribution in [0.4, 0.5) is 0 Å². The Kier molecular flexibility index (Phi) is 4.32. The van der Waals surface area contributed by atoms with E-state index in [1.165, 1.54) is 0 Å². The van der Waals surface area contributed by atoms with Crippen LogP contribution in [-0.2, 0) is 4.79 Å². The van der Waals surface area contributed by atoms with Crippen LogP contribution in [0.5, 0.6) is 0 Å². The fraction of sp³-hybridized carbons (Fsp3) is 0.467. The van der Waals surface area contributed by atoms with Crippen LogP contribution in [0, 0.1) is 13.8 Å². The van der Waals surface area contributed by atoms with Gasteiger partial charge in [-0.05, 0) is 25.5 Å². The molecule has 0 spiro atoms. The van der Waals surface area contributed by atoms with Gasteiger partial charge >= 0.3 is 0 Å². The second-order valence-electron chi connectivity index (χ2n) is 5.12. The highest BCUT2D eigenvalue weighted by Crippen LogP contribution is 2.12. The molecule has 0 aromatic heterocycles. The predicted molar refractivity (Wildman–Crippen MR) is 74.3 cm³/mol. The van der Waals surface area contributed by atoms with Crippen LogP contribution >= 0.6 is 0 Å². The third-order valence-corrected chi connectivity index (χ3v) is 3.47. The lowest BCUT2D eigenvalue weighted by atomic mass is 10.0. The van der Waals surface area contributed by atoms with E-state index in [9.17, 15) is 9.59 Å². The Morgan fingerprint density at radius 1 is 1.32 bits per heavy atom. The summed E-state index contributed by atoms with van der Waals surface area (Å²) in [6.07, 6.45) is 0.472. The molecule has 1 aromatic rings. The summed E-state index contributed by atoms with van der Waals surface area (Å²) in [4.78, 5) is 25.6. The Hall–Kier alpha value is -1.68. The molecule has 4 heteroatoms. The normalized spacial score (nSPS) is 16.8. The Balaban J connectivity index is 2.04. The number of carbonyl (C=O) groups is 2. The van der Waals surface area contributed by atoms with Crippen molar-refractivity contribution in [1.82, 2.24) is 10.2 Å². The highest BCUT2D eigenvalue weighted by Gasteiger charge is 2.17. The van der Waals surface area contributed by atoms with Crippen LogP contribution in [0.3, 0.4) is 0 Å². The number of Topliss-reactive ketones (excluding diaryl/α,β-unsaturated/α-hetero) is 1. The van der Waals surface area contributed by atoms with E-state index in [4.69, 9.17) is 0 Å². The van der Waals surface area contributed by atoms with Crippen LogP contribution in [0.15, 0.2) is 18.2 Å². The molecule has 0 radical (unpaired) electrons. The number of hydrogen-bond acceptors (Lipinski definition) is 3. The largest absolute Gasteiger partial charge is 0.355 e. The Labute approximate surface area is 113 Å². The summed E-state index contributed by atoms with van der Waals surface area (Å²) in [5.41, 5.74) is 2.91. The molecule has 0 atom stereocenters. The van der Waals surface area contributed by atoms with Crippen molar-refractivity contribution in [2.45, 2.75) is 20.3 Å². The van der Waals surface area contributed by atoms with Crippen LogP contribution in [0.1, 0.15) is 27.9 Å². The molecule has 1 saturated heterocycles. The van der Waals surface area contributed by atoms with E-state index in [0.29, 0.717) is 26.1 Å². The van der Waals surface area contributed by atoms with Crippen molar-refractivity contribution >= 4 is 11.7 Å². The lowest BCUT2D eigenvalue weighted by Crippen LogP contribution is -2.33. The van der Waals surface area contributed by atoms with E-state index < -0.39 is 0 Å². The van der Waals surface area contributed by atoms with Crippen LogP contribution in [-0.4, -0.2) is 42.8 Å². The van der Waals surface area contributed by atoms with E-state index in [0.717, 1.165) is 23.2 Å². The number of amides is 1. The number of ketones is 1. The first kappa shape index (κ1) is 13.7. The molecule has 19 heavy (non-hydrogen) atoms. The van der Waals surface area contributed by atoms with Gasteiger partial charge in [0, 0.05) is 31.6 Å². The van der Waals surface area contributed by atoms with Gasteiger partial charge in [-0.1, -0.05) is 17.7 Å². The SMILES string of the molecule is Cc1ccc(C)c(C(=O)CN2CCNC(=O)CC2)c1. The van der Waals surface area contributed by atoms with Crippen molar-refractivity contribution in [3.63, 3.8) is 0 Å². The number of nitrogens with zero attached hydrogens (tertiary/aromatic N) is 1. The van der Waals surface area contributed by atoms with E-state index in [2.05, 4.69) is 5.32 Å². The summed E-state index contributed by atoms with van der Waals surface area (Å²) in [5.74, 6) is 0.206. The van der Waals surface area contributed by atoms with Crippen LogP contribution in [0.25, 0.3) is 0 Å². The third kappa shape index (κ3) is 3.64. The van der Waals surface area contributed by atoms with Gasteiger partial charge in [-0.15, -0.1) is 0 Å². The Bertz CT molecular complexity index is 497. The summed E-state index contributed by atoms with van der Waals surface area (Å²) in [6.45, 7) is 6.36. The Morgan fingerprint density at radius 2 is 2.11 bits per heavy atom. The molecule has 102 valence electrons. The summed E-state index contributed by atoms with van der Waals surface area (Å²) >= 11 is 0. The maximum Gasteiger partial charge on any atom is 0.221 e. The smallest absolute Gasteiger partial charge is 0.221 e. The molecule has 0 unspecified atom stereocenters. The molecule has 1 N–H and O–H groups in total. The zero-order valence-corrected chi connectivity index (χ0v) is 11.5. The van der Waals surface area contributed by atoms with Gasteiger partial charge in [-0.25, -0.2) is 0 Å². The molecule has 1 fully saturated rings. The topological polar surface area (TPSA) is 49.4 Å². The van der Waals surface area contributed by atoms with E-state index in [1.807, 2.05) is 36.9 Å². The lowest BCUT2D eigenvalue weighted by molar-refractivity contribution is -0.120. The maximum absolute atomic E-state index is 12.3. The minimum atomic E-state index is 0.0710. The summed E-state index contributed by atoms with van der Waals surface area (Å²) in [6, 6.07) is 5.94. The molecule has 1 aromatic carbocycles. The van der Waals surface area contributed by atoms with Crippen molar-refractivity contribution in [1.29, 1.82) is 0 Å². The first-order valence-electron chi connectivity index (χ1n) is 6.66. The molecular formula is C15H20N2O2. The number of carbonyl (C=O) groups excluding carboxylic acids is 2. The minimum absolute atomic E-state index is 0.0710. The monoisotopic (exact) mass is 260 g/mol. The number of rotatable bonds is 3. The van der Waals surface area contributed by atoms with E-state index in [1.54, 1.807) is 0 Å². The zero-order chi connectivity index (χ0) is 13.8. The number of hydrogen-bond donors (Lipinski definition) is 1. The van der Waals surface area contributed by atoms with Gasteiger partial charge in [-0.2, -0.15) is 0 Å². The van der Waals surface area contributed by atoms with Gasteiger partial charge in [0.2, 0.25) is 5.91 Å². The summed E-state index contributed by atoms with van der Waals surface area (Å²) in [7, 11) is 0. The van der Waals surface area contributed by atoms with Gasteiger partial charge < -0.3 is 5.32 Å². The quantitative estimate of drug-likeness (QED) is 0.834. The zero-order valence-electron chi connectivity index (χ0n) is 11.5. The summed E-state index contributed by atoms with van der Waals surface area (Å²) in [5, 5.41) is 2.82. The van der Waals surface area contributed by atoms with Crippen LogP contribution in [0.2, 0.25) is 0 Å². The standard InChI is InChI=1S/C15H20N2O2/c1-11-3-4-12(2)13(9-11)14(18)10-17-7-5-15(19)16-6-8-17/h3-4,9H,5-8,10H2,1-2H3,(H,16,19). The van der Waals surface area contributed by atoms with Crippen LogP contribution < -0.4 is 5.32 Å². The molecule has 2 rings (SSSR count). The summed E-state index contributed by atoms with van der Waals surface area (Å²) < 4.78 is 0. The minimum Gasteiger partial charge on any atom is -0.355 e. The molecular weight excluding hydrogens is 240 g/mol. The number of benzene rings is 1. The van der Waals surface area contributed by atoms with Gasteiger partial charge in [0.05, 0.1) is 6.54 Å². The molecule has 1 aliphatic heterocycles. The van der Waals surface area contributed by atoms with E-state index >= 15 is 0 Å². The second kappa shape index (κ2) is 5.97. The highest BCUT2D eigenvalue weighted by atomic mass is 16.1. The third-order valence-electron chi connectivity index (χ3n) is 3.47. The van der Waals surface area contributed by atoms with Gasteiger partial charge in [0.15, 0.2) is 5.78 Å². The van der Waals surface area contributed by atoms with Gasteiger partial charge in [0.25, 0.3) is 0 Å². The first-order chi connectivity index (χ1) is 9.06. The van der Waals surface area contributed by atoms with Gasteiger partial charge in [-0.3, -0.25) is 14.5 Å². The van der Waals surface area contributed by atoms with E-state index in [-0.39, 0.29) is 11.7 Å². The first-order valence-corrected chi connectivity index (χ1v) is 6.66. The lowest BCUT2D eigenvalue weighted by Gasteiger charge is -2.18. The number of aryl methyl sites for hydroxylation is 2. The van der Waals surface area contributed by atoms with Crippen molar-refractivity contribution in [3.05, 3.63) is 34.9 Å². The second-order valence-corrected chi connectivity index (χ2v) is 5.12. The molecule has 1 amide bonds. The van der Waals surface area contributed by atoms with Crippen molar-refractivity contribution in [2.75, 3.05) is 26.2 Å². The molecule has 4 nitrogen and oxygen atoms in total. The molecule has 0 bridgehead atoms.